The summed E-state index contributed by atoms with van der Waals surface area (Å²) in [6.45, 7) is 6.76. The molecule has 1 aliphatic heterocycles. The quantitative estimate of drug-likeness (QED) is 0.230. The molecule has 0 aliphatic carbocycles. The number of benzene rings is 3. The van der Waals surface area contributed by atoms with E-state index in [4.69, 9.17) is 14.2 Å². The maximum Gasteiger partial charge on any atom is 0.329 e. The molecule has 3 aromatic carbocycles. The lowest BCUT2D eigenvalue weighted by atomic mass is 10.0. The average molecular weight is 756 g/mol. The van der Waals surface area contributed by atoms with Gasteiger partial charge >= 0.3 is 17.9 Å². The smallest absolute Gasteiger partial charge is 0.329 e. The van der Waals surface area contributed by atoms with Crippen LogP contribution in [0.2, 0.25) is 0 Å². The number of hydrogen-bond donors (Lipinski definition) is 0. The van der Waals surface area contributed by atoms with Gasteiger partial charge in [-0.15, -0.1) is 0 Å². The fourth-order valence-electron chi connectivity index (χ4n) is 6.49. The normalized spacial score (nSPS) is 23.9. The molecular weight excluding hydrogens is 702 g/mol. The van der Waals surface area contributed by atoms with E-state index in [1.54, 1.807) is 100 Å². The molecule has 1 aliphatic rings. The zero-order valence-corrected chi connectivity index (χ0v) is 32.8. The molecule has 294 valence electrons. The lowest BCUT2D eigenvalue weighted by Crippen LogP contribution is -2.55. The van der Waals surface area contributed by atoms with Crippen molar-refractivity contribution >= 4 is 35.6 Å². The van der Waals surface area contributed by atoms with Gasteiger partial charge in [0.25, 0.3) is 17.7 Å². The van der Waals surface area contributed by atoms with E-state index in [2.05, 4.69) is 0 Å². The first-order valence-corrected chi connectivity index (χ1v) is 18.8. The molecule has 0 bridgehead atoms. The third-order valence-electron chi connectivity index (χ3n) is 9.98. The monoisotopic (exact) mass is 755 g/mol. The minimum atomic E-state index is -1.35. The Labute approximate surface area is 323 Å². The van der Waals surface area contributed by atoms with E-state index in [0.29, 0.717) is 0 Å². The number of amides is 3. The molecule has 4 rings (SSSR count). The molecule has 55 heavy (non-hydrogen) atoms. The Morgan fingerprint density at radius 3 is 1.05 bits per heavy atom. The SMILES string of the molecule is CC[C@H]1OC(=O)[C@H](Cc2ccccc2)N(C)C(=O)[C@@H](CC)OC(=O)[C@H](Cc2ccccc2)N(C)C(=O)[C@@H](C(C)C)OC(=O)[C@H](Cc2ccccc2)N(C)C1=O. The largest absolute Gasteiger partial charge is 0.451 e. The molecule has 0 N–H and O–H groups in total. The molecular formula is C43H53N3O9. The van der Waals surface area contributed by atoms with E-state index >= 15 is 0 Å². The minimum absolute atomic E-state index is 0.0381. The fraction of sp³-hybridized carbons (Fsp3) is 0.442. The van der Waals surface area contributed by atoms with Gasteiger partial charge in [0.2, 0.25) is 0 Å². The van der Waals surface area contributed by atoms with Gasteiger partial charge in [-0.2, -0.15) is 0 Å². The first-order valence-electron chi connectivity index (χ1n) is 18.8. The molecule has 12 heteroatoms. The van der Waals surface area contributed by atoms with Crippen molar-refractivity contribution in [3.8, 4) is 0 Å². The van der Waals surface area contributed by atoms with Crippen LogP contribution >= 0.6 is 0 Å². The van der Waals surface area contributed by atoms with Crippen LogP contribution in [-0.4, -0.2) is 108 Å². The predicted molar refractivity (Wildman–Crippen MR) is 205 cm³/mol. The van der Waals surface area contributed by atoms with Gasteiger partial charge in [-0.1, -0.05) is 119 Å². The Bertz CT molecular complexity index is 1730. The summed E-state index contributed by atoms with van der Waals surface area (Å²) in [5.41, 5.74) is 2.17. The summed E-state index contributed by atoms with van der Waals surface area (Å²) in [4.78, 5) is 88.7. The first-order chi connectivity index (χ1) is 26.3. The second-order valence-electron chi connectivity index (χ2n) is 14.2. The zero-order chi connectivity index (χ0) is 40.2. The van der Waals surface area contributed by atoms with Crippen LogP contribution < -0.4 is 0 Å². The number of nitrogens with zero attached hydrogens (tertiary/aromatic N) is 3. The highest BCUT2D eigenvalue weighted by atomic mass is 16.6. The van der Waals surface area contributed by atoms with E-state index < -0.39 is 78.0 Å². The molecule has 0 radical (unpaired) electrons. The maximum atomic E-state index is 14.3. The summed E-state index contributed by atoms with van der Waals surface area (Å²) < 4.78 is 17.8. The number of likely N-dealkylation sites (N-methyl/N-ethyl adjacent to an activating group) is 3. The van der Waals surface area contributed by atoms with Crippen molar-refractivity contribution in [3.63, 3.8) is 0 Å². The summed E-state index contributed by atoms with van der Waals surface area (Å²) in [6.07, 6.45) is -3.75. The highest BCUT2D eigenvalue weighted by molar-refractivity contribution is 5.94. The van der Waals surface area contributed by atoms with Crippen LogP contribution in [0.5, 0.6) is 0 Å². The van der Waals surface area contributed by atoms with Crippen LogP contribution in [0, 0.1) is 5.92 Å². The lowest BCUT2D eigenvalue weighted by molar-refractivity contribution is -0.177. The van der Waals surface area contributed by atoms with Crippen molar-refractivity contribution in [3.05, 3.63) is 108 Å². The zero-order valence-electron chi connectivity index (χ0n) is 32.8. The number of hydrogen-bond acceptors (Lipinski definition) is 9. The number of ether oxygens (including phenoxy) is 3. The summed E-state index contributed by atoms with van der Waals surface area (Å²) in [7, 11) is 4.29. The van der Waals surface area contributed by atoms with Gasteiger partial charge in [0.15, 0.2) is 18.3 Å². The molecule has 3 amide bonds. The minimum Gasteiger partial charge on any atom is -0.451 e. The van der Waals surface area contributed by atoms with Crippen LogP contribution in [0.4, 0.5) is 0 Å². The molecule has 1 heterocycles. The highest BCUT2D eigenvalue weighted by Gasteiger charge is 2.42. The second kappa shape index (κ2) is 19.7. The lowest BCUT2D eigenvalue weighted by Gasteiger charge is -2.35. The van der Waals surface area contributed by atoms with Crippen molar-refractivity contribution in [1.82, 2.24) is 14.7 Å². The number of carbonyl (C=O) groups excluding carboxylic acids is 6. The van der Waals surface area contributed by atoms with Gasteiger partial charge in [0.1, 0.15) is 18.1 Å². The van der Waals surface area contributed by atoms with Gasteiger partial charge in [0.05, 0.1) is 0 Å². The maximum absolute atomic E-state index is 14.3. The van der Waals surface area contributed by atoms with E-state index in [-0.39, 0.29) is 32.1 Å². The number of cyclic esters (lactones) is 3. The highest BCUT2D eigenvalue weighted by Crippen LogP contribution is 2.22. The Balaban J connectivity index is 1.84. The van der Waals surface area contributed by atoms with Crippen molar-refractivity contribution in [2.75, 3.05) is 21.1 Å². The van der Waals surface area contributed by atoms with E-state index in [0.717, 1.165) is 16.7 Å². The topological polar surface area (TPSA) is 140 Å². The van der Waals surface area contributed by atoms with Gasteiger partial charge < -0.3 is 28.9 Å². The van der Waals surface area contributed by atoms with Crippen molar-refractivity contribution in [2.24, 2.45) is 5.92 Å². The second-order valence-corrected chi connectivity index (χ2v) is 14.2. The van der Waals surface area contributed by atoms with E-state index in [1.165, 1.54) is 35.8 Å². The third-order valence-corrected chi connectivity index (χ3v) is 9.98. The number of carbonyl (C=O) groups is 6. The van der Waals surface area contributed by atoms with Gasteiger partial charge in [-0.25, -0.2) is 14.4 Å². The number of esters is 3. The molecule has 0 saturated carbocycles. The fourth-order valence-corrected chi connectivity index (χ4v) is 6.49. The van der Waals surface area contributed by atoms with Crippen LogP contribution in [-0.2, 0) is 62.2 Å². The molecule has 12 nitrogen and oxygen atoms in total. The molecule has 3 aromatic rings. The van der Waals surface area contributed by atoms with Crippen molar-refractivity contribution in [2.45, 2.75) is 96.2 Å². The molecule has 1 fully saturated rings. The predicted octanol–water partition coefficient (Wildman–Crippen LogP) is 4.42. The standard InChI is InChI=1S/C43H53N3O9/c1-8-35-38(47)44(5)32(25-29-19-13-10-14-20-29)41(50)53-36(9-2)39(48)45(6)34(27-31-23-17-12-18-24-31)43(52)55-37(28(3)4)40(49)46(7)33(42(51)54-35)26-30-21-15-11-16-22-30/h10-24,28,32-37H,8-9,25-27H2,1-7H3/t32-,33-,34-,35+,36+,37+/m0/s1. The molecule has 1 saturated heterocycles. The summed E-state index contributed by atoms with van der Waals surface area (Å²) in [5, 5.41) is 0. The molecule has 6 atom stereocenters. The van der Waals surface area contributed by atoms with E-state index in [9.17, 15) is 28.8 Å². The van der Waals surface area contributed by atoms with E-state index in [1.807, 2.05) is 18.2 Å². The molecule has 0 spiro atoms. The van der Waals surface area contributed by atoms with Gasteiger partial charge in [0, 0.05) is 40.4 Å². The summed E-state index contributed by atoms with van der Waals surface area (Å²) >= 11 is 0. The number of rotatable bonds is 9. The Morgan fingerprint density at radius 1 is 0.473 bits per heavy atom. The average Bonchev–Trinajstić information content (AvgIpc) is 3.20. The summed E-state index contributed by atoms with van der Waals surface area (Å²) in [6, 6.07) is 23.4. The first kappa shape index (κ1) is 42.2. The van der Waals surface area contributed by atoms with Gasteiger partial charge in [-0.05, 0) is 35.4 Å². The molecule has 0 aromatic heterocycles. The Morgan fingerprint density at radius 2 is 0.764 bits per heavy atom. The van der Waals surface area contributed by atoms with Crippen molar-refractivity contribution in [1.29, 1.82) is 0 Å². The van der Waals surface area contributed by atoms with Crippen molar-refractivity contribution < 1.29 is 43.0 Å². The molecule has 0 unspecified atom stereocenters. The Kier molecular flexibility index (Phi) is 15.1. The van der Waals surface area contributed by atoms with Crippen LogP contribution in [0.15, 0.2) is 91.0 Å². The summed E-state index contributed by atoms with van der Waals surface area (Å²) in [5.74, 6) is -5.04. The van der Waals surface area contributed by atoms with Crippen LogP contribution in [0.3, 0.4) is 0 Å². The van der Waals surface area contributed by atoms with Gasteiger partial charge in [-0.3, -0.25) is 14.4 Å². The Hall–Kier alpha value is -5.52. The van der Waals surface area contributed by atoms with Crippen LogP contribution in [0.25, 0.3) is 0 Å². The third kappa shape index (κ3) is 10.8. The van der Waals surface area contributed by atoms with Crippen LogP contribution in [0.1, 0.15) is 57.2 Å².